The number of amides is 1. The van der Waals surface area contributed by atoms with E-state index in [1.54, 1.807) is 17.8 Å². The van der Waals surface area contributed by atoms with Gasteiger partial charge < -0.3 is 0 Å². The fourth-order valence-electron chi connectivity index (χ4n) is 2.95. The Morgan fingerprint density at radius 3 is 2.69 bits per heavy atom. The number of carbonyl (C=O) groups is 1. The van der Waals surface area contributed by atoms with Gasteiger partial charge in [0, 0.05) is 13.5 Å². The zero-order valence-electron chi connectivity index (χ0n) is 15.4. The SMILES string of the molecule is Cn1ncc(C(=O)Nc2nc3ccc(S(N)(=O)=O)cc3s2)c1Cc1ccccc1. The molecule has 0 bridgehead atoms. The maximum Gasteiger partial charge on any atom is 0.260 e. The van der Waals surface area contributed by atoms with Gasteiger partial charge in [0.05, 0.1) is 32.6 Å². The first-order valence-electron chi connectivity index (χ1n) is 8.61. The van der Waals surface area contributed by atoms with Gasteiger partial charge >= 0.3 is 0 Å². The van der Waals surface area contributed by atoms with E-state index in [1.165, 1.54) is 29.7 Å². The van der Waals surface area contributed by atoms with Crippen LogP contribution in [-0.2, 0) is 23.5 Å². The molecule has 8 nitrogen and oxygen atoms in total. The van der Waals surface area contributed by atoms with E-state index in [0.717, 1.165) is 11.3 Å². The van der Waals surface area contributed by atoms with E-state index in [0.29, 0.717) is 27.3 Å². The summed E-state index contributed by atoms with van der Waals surface area (Å²) in [4.78, 5) is 17.2. The number of benzene rings is 2. The normalized spacial score (nSPS) is 11.7. The average Bonchev–Trinajstić information content (AvgIpc) is 3.24. The van der Waals surface area contributed by atoms with Gasteiger partial charge in [-0.2, -0.15) is 5.10 Å². The molecular formula is C19H17N5O3S2. The Morgan fingerprint density at radius 1 is 1.21 bits per heavy atom. The van der Waals surface area contributed by atoms with Gasteiger partial charge in [0.15, 0.2) is 5.13 Å². The van der Waals surface area contributed by atoms with E-state index in [2.05, 4.69) is 15.4 Å². The number of fused-ring (bicyclic) bond motifs is 1. The fraction of sp³-hybridized carbons (Fsp3) is 0.105. The summed E-state index contributed by atoms with van der Waals surface area (Å²) in [7, 11) is -2.01. The molecule has 0 saturated heterocycles. The highest BCUT2D eigenvalue weighted by Crippen LogP contribution is 2.28. The predicted molar refractivity (Wildman–Crippen MR) is 111 cm³/mol. The number of hydrogen-bond donors (Lipinski definition) is 2. The summed E-state index contributed by atoms with van der Waals surface area (Å²) in [6, 6.07) is 14.2. The number of aromatic nitrogens is 3. The van der Waals surface area contributed by atoms with E-state index >= 15 is 0 Å². The van der Waals surface area contributed by atoms with Crippen LogP contribution in [0.25, 0.3) is 10.2 Å². The van der Waals surface area contributed by atoms with Crippen molar-refractivity contribution in [1.29, 1.82) is 0 Å². The first-order valence-corrected chi connectivity index (χ1v) is 11.0. The Labute approximate surface area is 171 Å². The number of rotatable bonds is 5. The third-order valence-electron chi connectivity index (χ3n) is 4.43. The van der Waals surface area contributed by atoms with Crippen molar-refractivity contribution in [3.63, 3.8) is 0 Å². The summed E-state index contributed by atoms with van der Waals surface area (Å²) >= 11 is 1.18. The molecule has 148 valence electrons. The smallest absolute Gasteiger partial charge is 0.260 e. The molecule has 0 saturated carbocycles. The van der Waals surface area contributed by atoms with Crippen molar-refractivity contribution in [2.75, 3.05) is 5.32 Å². The monoisotopic (exact) mass is 427 g/mol. The van der Waals surface area contributed by atoms with Crippen LogP contribution in [0, 0.1) is 0 Å². The molecule has 4 aromatic rings. The minimum Gasteiger partial charge on any atom is -0.298 e. The van der Waals surface area contributed by atoms with E-state index in [1.807, 2.05) is 30.3 Å². The van der Waals surface area contributed by atoms with Gasteiger partial charge in [0.1, 0.15) is 0 Å². The summed E-state index contributed by atoms with van der Waals surface area (Å²) in [6.07, 6.45) is 2.09. The van der Waals surface area contributed by atoms with Gasteiger partial charge in [-0.1, -0.05) is 41.7 Å². The zero-order chi connectivity index (χ0) is 20.6. The number of carbonyl (C=O) groups excluding carboxylic acids is 1. The van der Waals surface area contributed by atoms with Crippen LogP contribution in [0.5, 0.6) is 0 Å². The van der Waals surface area contributed by atoms with Crippen molar-refractivity contribution in [2.45, 2.75) is 11.3 Å². The van der Waals surface area contributed by atoms with Crippen LogP contribution in [-0.4, -0.2) is 29.1 Å². The topological polar surface area (TPSA) is 120 Å². The molecule has 0 radical (unpaired) electrons. The molecule has 2 aromatic carbocycles. The van der Waals surface area contributed by atoms with Crippen molar-refractivity contribution in [1.82, 2.24) is 14.8 Å². The Morgan fingerprint density at radius 2 is 1.97 bits per heavy atom. The molecular weight excluding hydrogens is 410 g/mol. The van der Waals surface area contributed by atoms with E-state index in [9.17, 15) is 13.2 Å². The number of thiazole rings is 1. The molecule has 1 amide bonds. The zero-order valence-corrected chi connectivity index (χ0v) is 17.0. The molecule has 2 heterocycles. The summed E-state index contributed by atoms with van der Waals surface area (Å²) in [5.41, 5.74) is 2.89. The summed E-state index contributed by atoms with van der Waals surface area (Å²) in [5, 5.41) is 12.5. The molecule has 2 aromatic heterocycles. The van der Waals surface area contributed by atoms with Crippen LogP contribution in [0.3, 0.4) is 0 Å². The fourth-order valence-corrected chi connectivity index (χ4v) is 4.47. The average molecular weight is 428 g/mol. The second-order valence-electron chi connectivity index (χ2n) is 6.44. The second-order valence-corrected chi connectivity index (χ2v) is 9.03. The van der Waals surface area contributed by atoms with E-state index in [-0.39, 0.29) is 10.8 Å². The van der Waals surface area contributed by atoms with Crippen LogP contribution in [0.2, 0.25) is 0 Å². The summed E-state index contributed by atoms with van der Waals surface area (Å²) in [6.45, 7) is 0. The number of sulfonamides is 1. The molecule has 3 N–H and O–H groups in total. The van der Waals surface area contributed by atoms with E-state index in [4.69, 9.17) is 5.14 Å². The Bertz CT molecular complexity index is 1310. The first-order chi connectivity index (χ1) is 13.8. The number of hydrogen-bond acceptors (Lipinski definition) is 6. The lowest BCUT2D eigenvalue weighted by Gasteiger charge is -2.06. The molecule has 0 spiro atoms. The van der Waals surface area contributed by atoms with Crippen molar-refractivity contribution >= 4 is 42.6 Å². The first kappa shape index (κ1) is 19.2. The lowest BCUT2D eigenvalue weighted by molar-refractivity contribution is 0.102. The summed E-state index contributed by atoms with van der Waals surface area (Å²) in [5.74, 6) is -0.324. The largest absolute Gasteiger partial charge is 0.298 e. The molecule has 10 heteroatoms. The number of nitrogens with two attached hydrogens (primary N) is 1. The van der Waals surface area contributed by atoms with Crippen LogP contribution in [0.15, 0.2) is 59.6 Å². The highest BCUT2D eigenvalue weighted by atomic mass is 32.2. The van der Waals surface area contributed by atoms with Gasteiger partial charge in [0.2, 0.25) is 10.0 Å². The van der Waals surface area contributed by atoms with Crippen LogP contribution in [0.1, 0.15) is 21.6 Å². The molecule has 0 unspecified atom stereocenters. The molecule has 0 aliphatic rings. The highest BCUT2D eigenvalue weighted by molar-refractivity contribution is 7.89. The molecule has 0 fully saturated rings. The number of nitrogens with one attached hydrogen (secondary N) is 1. The van der Waals surface area contributed by atoms with E-state index < -0.39 is 10.0 Å². The molecule has 4 rings (SSSR count). The molecule has 0 atom stereocenters. The number of primary sulfonamides is 1. The molecule has 29 heavy (non-hydrogen) atoms. The van der Waals surface area contributed by atoms with Crippen LogP contribution >= 0.6 is 11.3 Å². The number of anilines is 1. The summed E-state index contributed by atoms with van der Waals surface area (Å²) < 4.78 is 25.3. The predicted octanol–water partition coefficient (Wildman–Crippen LogP) is 2.52. The minimum atomic E-state index is -3.80. The number of aryl methyl sites for hydroxylation is 1. The highest BCUT2D eigenvalue weighted by Gasteiger charge is 2.18. The van der Waals surface area contributed by atoms with Crippen molar-refractivity contribution in [2.24, 2.45) is 12.2 Å². The molecule has 0 aliphatic heterocycles. The Balaban J connectivity index is 1.60. The third kappa shape index (κ3) is 4.04. The van der Waals surface area contributed by atoms with Crippen molar-refractivity contribution < 1.29 is 13.2 Å². The lowest BCUT2D eigenvalue weighted by Crippen LogP contribution is -2.14. The van der Waals surface area contributed by atoms with Crippen LogP contribution < -0.4 is 10.5 Å². The van der Waals surface area contributed by atoms with Gasteiger partial charge in [-0.3, -0.25) is 14.8 Å². The van der Waals surface area contributed by atoms with Gasteiger partial charge in [-0.15, -0.1) is 0 Å². The maximum absolute atomic E-state index is 12.8. The third-order valence-corrected chi connectivity index (χ3v) is 6.27. The van der Waals surface area contributed by atoms with Crippen molar-refractivity contribution in [3.05, 3.63) is 71.5 Å². The molecule has 0 aliphatic carbocycles. The van der Waals surface area contributed by atoms with Gasteiger partial charge in [-0.25, -0.2) is 18.5 Å². The Hall–Kier alpha value is -3.08. The maximum atomic E-state index is 12.8. The van der Waals surface area contributed by atoms with Gasteiger partial charge in [0.25, 0.3) is 5.91 Å². The Kier molecular flexibility index (Phi) is 4.91. The lowest BCUT2D eigenvalue weighted by atomic mass is 10.1. The minimum absolute atomic E-state index is 0.00364. The van der Waals surface area contributed by atoms with Gasteiger partial charge in [-0.05, 0) is 23.8 Å². The van der Waals surface area contributed by atoms with Crippen LogP contribution in [0.4, 0.5) is 5.13 Å². The number of nitrogens with zero attached hydrogens (tertiary/aromatic N) is 3. The second kappa shape index (κ2) is 7.39. The standard InChI is InChI=1S/C19H17N5O3S2/c1-24-16(9-12-5-3-2-4-6-12)14(11-21-24)18(25)23-19-22-15-8-7-13(29(20,26)27)10-17(15)28-19/h2-8,10-11H,9H2,1H3,(H2,20,26,27)(H,22,23,25). The van der Waals surface area contributed by atoms with Crippen molar-refractivity contribution in [3.8, 4) is 0 Å². The quantitative estimate of drug-likeness (QED) is 0.507.